The molecule has 2 aliphatic rings. The minimum Gasteiger partial charge on any atom is -0.396 e. The Kier molecular flexibility index (Phi) is 7.51. The van der Waals surface area contributed by atoms with E-state index in [4.69, 9.17) is 0 Å². The molecular weight excluding hydrogens is 390 g/mol. The molecule has 0 radical (unpaired) electrons. The van der Waals surface area contributed by atoms with Gasteiger partial charge in [0.05, 0.1) is 24.2 Å². The van der Waals surface area contributed by atoms with Crippen LogP contribution in [0.2, 0.25) is 0 Å². The standard InChI is InChI=1S/C25H39N3O3/c29-18-25(19-30)17-27(16-20-8-4-2-1-3-5-9-20)14-12-21(25)13-15-28-23-11-7-6-10-22(23)26-24(28)31/h6-7,10-11,20-21,29-30H,1-5,8-9,12-19H2,(H,26,31). The van der Waals surface area contributed by atoms with E-state index < -0.39 is 5.41 Å². The van der Waals surface area contributed by atoms with Gasteiger partial charge in [-0.05, 0) is 56.2 Å². The highest BCUT2D eigenvalue weighted by atomic mass is 16.3. The van der Waals surface area contributed by atoms with Crippen LogP contribution in [-0.2, 0) is 6.54 Å². The third kappa shape index (κ3) is 5.07. The predicted molar refractivity (Wildman–Crippen MR) is 124 cm³/mol. The number of nitrogens with zero attached hydrogens (tertiary/aromatic N) is 2. The summed E-state index contributed by atoms with van der Waals surface area (Å²) in [6.45, 7) is 3.47. The van der Waals surface area contributed by atoms with E-state index in [-0.39, 0.29) is 24.8 Å². The molecule has 4 rings (SSSR count). The lowest BCUT2D eigenvalue weighted by atomic mass is 9.70. The average Bonchev–Trinajstić information content (AvgIpc) is 3.09. The van der Waals surface area contributed by atoms with Gasteiger partial charge in [0.25, 0.3) is 0 Å². The Morgan fingerprint density at radius 1 is 1.00 bits per heavy atom. The minimum absolute atomic E-state index is 0.00187. The van der Waals surface area contributed by atoms with Crippen molar-refractivity contribution in [1.82, 2.24) is 14.5 Å². The lowest BCUT2D eigenvalue weighted by Crippen LogP contribution is -2.54. The number of likely N-dealkylation sites (tertiary alicyclic amines) is 1. The molecule has 1 atom stereocenters. The molecule has 1 aromatic carbocycles. The van der Waals surface area contributed by atoms with E-state index in [0.29, 0.717) is 6.54 Å². The topological polar surface area (TPSA) is 81.5 Å². The van der Waals surface area contributed by atoms with Crippen LogP contribution in [0.25, 0.3) is 11.0 Å². The van der Waals surface area contributed by atoms with Gasteiger partial charge >= 0.3 is 5.69 Å². The number of imidazole rings is 1. The zero-order valence-electron chi connectivity index (χ0n) is 18.8. The number of aliphatic hydroxyl groups is 2. The summed E-state index contributed by atoms with van der Waals surface area (Å²) in [7, 11) is 0. The van der Waals surface area contributed by atoms with E-state index in [2.05, 4.69) is 9.88 Å². The van der Waals surface area contributed by atoms with Gasteiger partial charge in [0.2, 0.25) is 0 Å². The summed E-state index contributed by atoms with van der Waals surface area (Å²) in [4.78, 5) is 17.9. The lowest BCUT2D eigenvalue weighted by Gasteiger charge is -2.47. The molecule has 2 heterocycles. The number of aromatic amines is 1. The molecule has 2 fully saturated rings. The second-order valence-electron chi connectivity index (χ2n) is 10.00. The van der Waals surface area contributed by atoms with Crippen LogP contribution in [0.4, 0.5) is 0 Å². The fourth-order valence-corrected chi connectivity index (χ4v) is 6.01. The van der Waals surface area contributed by atoms with Gasteiger partial charge in [-0.15, -0.1) is 0 Å². The Morgan fingerprint density at radius 3 is 2.45 bits per heavy atom. The second-order valence-corrected chi connectivity index (χ2v) is 10.00. The second kappa shape index (κ2) is 10.3. The molecule has 1 saturated carbocycles. The Balaban J connectivity index is 1.41. The lowest BCUT2D eigenvalue weighted by molar-refractivity contribution is -0.0627. The van der Waals surface area contributed by atoms with Crippen molar-refractivity contribution in [3.63, 3.8) is 0 Å². The van der Waals surface area contributed by atoms with Crippen LogP contribution in [0.5, 0.6) is 0 Å². The smallest absolute Gasteiger partial charge is 0.326 e. The normalized spacial score (nSPS) is 23.6. The van der Waals surface area contributed by atoms with Crippen LogP contribution in [0.1, 0.15) is 57.8 Å². The molecule has 2 aromatic rings. The summed E-state index contributed by atoms with van der Waals surface area (Å²) in [6, 6.07) is 7.77. The van der Waals surface area contributed by atoms with Gasteiger partial charge < -0.3 is 20.1 Å². The predicted octanol–water partition coefficient (Wildman–Crippen LogP) is 3.37. The number of aryl methyl sites for hydroxylation is 1. The largest absolute Gasteiger partial charge is 0.396 e. The third-order valence-electron chi connectivity index (χ3n) is 7.95. The van der Waals surface area contributed by atoms with Crippen molar-refractivity contribution < 1.29 is 10.2 Å². The molecule has 1 aliphatic carbocycles. The number of nitrogens with one attached hydrogen (secondary N) is 1. The zero-order chi connectivity index (χ0) is 21.7. The van der Waals surface area contributed by atoms with E-state index in [1.54, 1.807) is 4.57 Å². The van der Waals surface area contributed by atoms with Crippen molar-refractivity contribution in [1.29, 1.82) is 0 Å². The number of para-hydroxylation sites is 2. The molecule has 6 nitrogen and oxygen atoms in total. The van der Waals surface area contributed by atoms with Crippen molar-refractivity contribution in [3.8, 4) is 0 Å². The van der Waals surface area contributed by atoms with E-state index >= 15 is 0 Å². The van der Waals surface area contributed by atoms with Gasteiger partial charge in [-0.1, -0.05) is 44.2 Å². The highest BCUT2D eigenvalue weighted by Gasteiger charge is 2.42. The van der Waals surface area contributed by atoms with Gasteiger partial charge in [-0.25, -0.2) is 4.79 Å². The van der Waals surface area contributed by atoms with Crippen LogP contribution < -0.4 is 5.69 Å². The first-order valence-corrected chi connectivity index (χ1v) is 12.3. The SMILES string of the molecule is O=c1[nH]c2ccccc2n1CCC1CCN(CC2CCCCCCC2)CC1(CO)CO. The fraction of sp³-hybridized carbons (Fsp3) is 0.720. The Bertz CT molecular complexity index is 878. The van der Waals surface area contributed by atoms with E-state index in [0.717, 1.165) is 49.4 Å². The monoisotopic (exact) mass is 429 g/mol. The summed E-state index contributed by atoms with van der Waals surface area (Å²) in [5.74, 6) is 0.952. The van der Waals surface area contributed by atoms with Crippen molar-refractivity contribution >= 4 is 11.0 Å². The molecule has 31 heavy (non-hydrogen) atoms. The number of piperidine rings is 1. The molecule has 1 aromatic heterocycles. The summed E-state index contributed by atoms with van der Waals surface area (Å²) >= 11 is 0. The van der Waals surface area contributed by atoms with Gasteiger partial charge in [-0.2, -0.15) is 0 Å². The fourth-order valence-electron chi connectivity index (χ4n) is 6.01. The quantitative estimate of drug-likeness (QED) is 0.630. The van der Waals surface area contributed by atoms with Crippen LogP contribution >= 0.6 is 0 Å². The van der Waals surface area contributed by atoms with Crippen LogP contribution in [0.3, 0.4) is 0 Å². The maximum atomic E-state index is 12.4. The van der Waals surface area contributed by atoms with Gasteiger partial charge in [-0.3, -0.25) is 4.57 Å². The molecule has 1 aliphatic heterocycles. The molecule has 1 unspecified atom stereocenters. The van der Waals surface area contributed by atoms with Crippen molar-refractivity contribution in [2.24, 2.45) is 17.3 Å². The number of aliphatic hydroxyl groups excluding tert-OH is 2. The van der Waals surface area contributed by atoms with E-state index in [1.807, 2.05) is 24.3 Å². The molecule has 0 amide bonds. The number of hydrogen-bond donors (Lipinski definition) is 3. The number of rotatable bonds is 7. The van der Waals surface area contributed by atoms with Crippen LogP contribution in [0.15, 0.2) is 29.1 Å². The Hall–Kier alpha value is -1.63. The van der Waals surface area contributed by atoms with Crippen molar-refractivity contribution in [3.05, 3.63) is 34.7 Å². The minimum atomic E-state index is -0.490. The molecule has 1 saturated heterocycles. The van der Waals surface area contributed by atoms with Gasteiger partial charge in [0.15, 0.2) is 0 Å². The van der Waals surface area contributed by atoms with Crippen molar-refractivity contribution in [2.45, 2.75) is 64.3 Å². The first-order valence-electron chi connectivity index (χ1n) is 12.3. The maximum Gasteiger partial charge on any atom is 0.326 e. The maximum absolute atomic E-state index is 12.4. The van der Waals surface area contributed by atoms with E-state index in [9.17, 15) is 15.0 Å². The van der Waals surface area contributed by atoms with Crippen LogP contribution in [0, 0.1) is 17.3 Å². The zero-order valence-corrected chi connectivity index (χ0v) is 18.8. The van der Waals surface area contributed by atoms with Gasteiger partial charge in [0, 0.05) is 25.0 Å². The van der Waals surface area contributed by atoms with Crippen molar-refractivity contribution in [2.75, 3.05) is 32.8 Å². The molecule has 6 heteroatoms. The molecule has 3 N–H and O–H groups in total. The van der Waals surface area contributed by atoms with Crippen LogP contribution in [-0.4, -0.2) is 57.5 Å². The first kappa shape index (κ1) is 22.6. The number of benzene rings is 1. The summed E-state index contributed by atoms with van der Waals surface area (Å²) in [5.41, 5.74) is 1.21. The number of H-pyrrole nitrogens is 1. The summed E-state index contributed by atoms with van der Waals surface area (Å²) in [5, 5.41) is 20.7. The summed E-state index contributed by atoms with van der Waals surface area (Å²) in [6.07, 6.45) is 11.2. The third-order valence-corrected chi connectivity index (χ3v) is 7.95. The Labute approximate surface area is 185 Å². The first-order chi connectivity index (χ1) is 15.1. The highest BCUT2D eigenvalue weighted by molar-refractivity contribution is 5.74. The number of aromatic nitrogens is 2. The molecular formula is C25H39N3O3. The Morgan fingerprint density at radius 2 is 1.71 bits per heavy atom. The molecule has 0 bridgehead atoms. The molecule has 0 spiro atoms. The summed E-state index contributed by atoms with van der Waals surface area (Å²) < 4.78 is 1.80. The number of hydrogen-bond acceptors (Lipinski definition) is 4. The van der Waals surface area contributed by atoms with Gasteiger partial charge in [0.1, 0.15) is 0 Å². The molecule has 172 valence electrons. The highest BCUT2D eigenvalue weighted by Crippen LogP contribution is 2.38. The van der Waals surface area contributed by atoms with E-state index in [1.165, 1.54) is 44.9 Å². The average molecular weight is 430 g/mol. The number of fused-ring (bicyclic) bond motifs is 1.